The number of aliphatic imine (C=N–C) groups is 1. The van der Waals surface area contributed by atoms with E-state index in [9.17, 15) is 0 Å². The molecule has 0 atom stereocenters. The molecular formula is C15H26IN3O4. The van der Waals surface area contributed by atoms with E-state index in [4.69, 9.17) is 18.9 Å². The summed E-state index contributed by atoms with van der Waals surface area (Å²) >= 11 is 0. The minimum atomic E-state index is 0. The van der Waals surface area contributed by atoms with Crippen LogP contribution >= 0.6 is 24.0 Å². The third kappa shape index (κ3) is 6.69. The van der Waals surface area contributed by atoms with E-state index in [1.165, 1.54) is 0 Å². The van der Waals surface area contributed by atoms with Gasteiger partial charge in [-0.15, -0.1) is 24.0 Å². The number of rotatable bonds is 8. The van der Waals surface area contributed by atoms with Gasteiger partial charge in [0.1, 0.15) is 17.2 Å². The fraction of sp³-hybridized carbons (Fsp3) is 0.533. The molecule has 0 saturated carbocycles. The Bertz CT molecular complexity index is 473. The lowest BCUT2D eigenvalue weighted by Gasteiger charge is -2.17. The van der Waals surface area contributed by atoms with Crippen molar-refractivity contribution in [1.82, 2.24) is 10.6 Å². The first-order valence-electron chi connectivity index (χ1n) is 6.92. The second-order valence-electron chi connectivity index (χ2n) is 4.36. The second-order valence-corrected chi connectivity index (χ2v) is 4.36. The largest absolute Gasteiger partial charge is 0.496 e. The molecule has 0 spiro atoms. The highest BCUT2D eigenvalue weighted by atomic mass is 127. The number of methoxy groups -OCH3 is 4. The van der Waals surface area contributed by atoms with Gasteiger partial charge in [-0.25, -0.2) is 0 Å². The number of nitrogens with one attached hydrogen (secondary N) is 2. The number of guanidine groups is 1. The van der Waals surface area contributed by atoms with Crippen LogP contribution < -0.4 is 24.8 Å². The van der Waals surface area contributed by atoms with Crippen LogP contribution in [0.2, 0.25) is 0 Å². The fourth-order valence-corrected chi connectivity index (χ4v) is 1.92. The highest BCUT2D eigenvalue weighted by molar-refractivity contribution is 14.0. The van der Waals surface area contributed by atoms with Gasteiger partial charge in [0.05, 0.1) is 40.0 Å². The minimum Gasteiger partial charge on any atom is -0.496 e. The quantitative estimate of drug-likeness (QED) is 0.278. The molecular weight excluding hydrogens is 413 g/mol. The van der Waals surface area contributed by atoms with E-state index in [0.717, 1.165) is 5.56 Å². The molecule has 0 aromatic heterocycles. The number of halogens is 1. The Morgan fingerprint density at radius 2 is 1.61 bits per heavy atom. The van der Waals surface area contributed by atoms with Crippen LogP contribution in [0.3, 0.4) is 0 Å². The molecule has 0 heterocycles. The lowest BCUT2D eigenvalue weighted by atomic mass is 10.1. The van der Waals surface area contributed by atoms with Crippen LogP contribution in [0.25, 0.3) is 0 Å². The molecule has 7 nitrogen and oxygen atoms in total. The highest BCUT2D eigenvalue weighted by Gasteiger charge is 2.13. The first kappa shape index (κ1) is 21.6. The topological polar surface area (TPSA) is 73.3 Å². The van der Waals surface area contributed by atoms with Crippen molar-refractivity contribution < 1.29 is 18.9 Å². The normalized spacial score (nSPS) is 10.6. The third-order valence-electron chi connectivity index (χ3n) is 3.07. The van der Waals surface area contributed by atoms with Gasteiger partial charge < -0.3 is 29.6 Å². The Morgan fingerprint density at radius 3 is 2.04 bits per heavy atom. The lowest BCUT2D eigenvalue weighted by molar-refractivity contribution is 0.203. The molecule has 2 N–H and O–H groups in total. The maximum Gasteiger partial charge on any atom is 0.191 e. The van der Waals surface area contributed by atoms with Crippen molar-refractivity contribution in [3.05, 3.63) is 17.7 Å². The van der Waals surface area contributed by atoms with E-state index < -0.39 is 0 Å². The zero-order valence-electron chi connectivity index (χ0n) is 14.3. The van der Waals surface area contributed by atoms with Gasteiger partial charge in [0.15, 0.2) is 5.96 Å². The number of hydrogen-bond acceptors (Lipinski definition) is 5. The van der Waals surface area contributed by atoms with Crippen molar-refractivity contribution in [3.8, 4) is 17.2 Å². The van der Waals surface area contributed by atoms with E-state index in [0.29, 0.717) is 42.9 Å². The average Bonchev–Trinajstić information content (AvgIpc) is 2.57. The maximum atomic E-state index is 5.41. The predicted octanol–water partition coefficient (Wildman–Crippen LogP) is 1.64. The average molecular weight is 439 g/mol. The molecule has 0 fully saturated rings. The van der Waals surface area contributed by atoms with Crippen LogP contribution in [0.15, 0.2) is 17.1 Å². The van der Waals surface area contributed by atoms with Gasteiger partial charge in [0.25, 0.3) is 0 Å². The van der Waals surface area contributed by atoms with Gasteiger partial charge in [-0.3, -0.25) is 4.99 Å². The second kappa shape index (κ2) is 12.1. The number of nitrogens with zero attached hydrogens (tertiary/aromatic N) is 1. The van der Waals surface area contributed by atoms with Crippen LogP contribution in [0.5, 0.6) is 17.2 Å². The van der Waals surface area contributed by atoms with E-state index in [-0.39, 0.29) is 24.0 Å². The van der Waals surface area contributed by atoms with Crippen molar-refractivity contribution in [2.75, 3.05) is 48.6 Å². The Morgan fingerprint density at radius 1 is 1.00 bits per heavy atom. The van der Waals surface area contributed by atoms with E-state index in [1.807, 2.05) is 12.1 Å². The Labute approximate surface area is 154 Å². The van der Waals surface area contributed by atoms with Crippen molar-refractivity contribution in [3.63, 3.8) is 0 Å². The SMILES string of the molecule is CN=C(NCCOC)NCc1c(OC)cc(OC)cc1OC.I. The molecule has 132 valence electrons. The standard InChI is InChI=1S/C15H25N3O4.HI/c1-16-15(17-6-7-19-2)18-10-12-13(21-4)8-11(20-3)9-14(12)22-5;/h8-9H,6-7,10H2,1-5H3,(H2,16,17,18);1H. The Kier molecular flexibility index (Phi) is 11.3. The summed E-state index contributed by atoms with van der Waals surface area (Å²) in [7, 11) is 8.20. The minimum absolute atomic E-state index is 0. The zero-order chi connectivity index (χ0) is 16.4. The number of hydrogen-bond donors (Lipinski definition) is 2. The highest BCUT2D eigenvalue weighted by Crippen LogP contribution is 2.33. The fourth-order valence-electron chi connectivity index (χ4n) is 1.92. The van der Waals surface area contributed by atoms with Gasteiger partial charge in [0.2, 0.25) is 0 Å². The van der Waals surface area contributed by atoms with Gasteiger partial charge in [-0.2, -0.15) is 0 Å². The van der Waals surface area contributed by atoms with Crippen LogP contribution in [0.4, 0.5) is 0 Å². The summed E-state index contributed by atoms with van der Waals surface area (Å²) in [6.45, 7) is 1.78. The number of benzene rings is 1. The Balaban J connectivity index is 0.00000484. The molecule has 1 aromatic rings. The summed E-state index contributed by atoms with van der Waals surface area (Å²) < 4.78 is 21.1. The van der Waals surface area contributed by atoms with Crippen LogP contribution in [0, 0.1) is 0 Å². The smallest absolute Gasteiger partial charge is 0.191 e. The van der Waals surface area contributed by atoms with Crippen LogP contribution in [-0.2, 0) is 11.3 Å². The molecule has 1 rings (SSSR count). The summed E-state index contributed by atoms with van der Waals surface area (Å²) in [5.41, 5.74) is 0.889. The molecule has 0 aliphatic heterocycles. The maximum absolute atomic E-state index is 5.41. The predicted molar refractivity (Wildman–Crippen MR) is 102 cm³/mol. The molecule has 0 bridgehead atoms. The lowest BCUT2D eigenvalue weighted by Crippen LogP contribution is -2.38. The summed E-state index contributed by atoms with van der Waals surface area (Å²) in [5.74, 6) is 2.74. The van der Waals surface area contributed by atoms with Crippen LogP contribution in [-0.4, -0.2) is 54.6 Å². The first-order valence-corrected chi connectivity index (χ1v) is 6.92. The van der Waals surface area contributed by atoms with Crippen molar-refractivity contribution >= 4 is 29.9 Å². The third-order valence-corrected chi connectivity index (χ3v) is 3.07. The van der Waals surface area contributed by atoms with Gasteiger partial charge in [-0.05, 0) is 0 Å². The molecule has 1 aromatic carbocycles. The van der Waals surface area contributed by atoms with E-state index >= 15 is 0 Å². The van der Waals surface area contributed by atoms with Crippen molar-refractivity contribution in [2.24, 2.45) is 4.99 Å². The Hall–Kier alpha value is -1.42. The zero-order valence-corrected chi connectivity index (χ0v) is 16.6. The first-order chi connectivity index (χ1) is 10.7. The molecule has 0 radical (unpaired) electrons. The van der Waals surface area contributed by atoms with E-state index in [2.05, 4.69) is 15.6 Å². The van der Waals surface area contributed by atoms with Gasteiger partial charge in [0, 0.05) is 32.8 Å². The van der Waals surface area contributed by atoms with Gasteiger partial charge >= 0.3 is 0 Å². The van der Waals surface area contributed by atoms with Crippen molar-refractivity contribution in [1.29, 1.82) is 0 Å². The molecule has 8 heteroatoms. The molecule has 0 aliphatic rings. The summed E-state index contributed by atoms with van der Waals surface area (Å²) in [6, 6.07) is 3.64. The van der Waals surface area contributed by atoms with Crippen molar-refractivity contribution in [2.45, 2.75) is 6.54 Å². The molecule has 23 heavy (non-hydrogen) atoms. The summed E-state index contributed by atoms with van der Waals surface area (Å²) in [5, 5.41) is 6.36. The molecule has 0 aliphatic carbocycles. The molecule has 0 saturated heterocycles. The molecule has 0 amide bonds. The van der Waals surface area contributed by atoms with Gasteiger partial charge in [-0.1, -0.05) is 0 Å². The summed E-state index contributed by atoms with van der Waals surface area (Å²) in [4.78, 5) is 4.15. The van der Waals surface area contributed by atoms with E-state index in [1.54, 1.807) is 35.5 Å². The van der Waals surface area contributed by atoms with Crippen LogP contribution in [0.1, 0.15) is 5.56 Å². The number of ether oxygens (including phenoxy) is 4. The molecule has 0 unspecified atom stereocenters. The monoisotopic (exact) mass is 439 g/mol. The summed E-state index contributed by atoms with van der Waals surface area (Å²) in [6.07, 6.45) is 0.